The summed E-state index contributed by atoms with van der Waals surface area (Å²) in [6.07, 6.45) is 3.95. The highest BCUT2D eigenvalue weighted by Gasteiger charge is 2.57. The minimum atomic E-state index is 0.199. The van der Waals surface area contributed by atoms with Crippen molar-refractivity contribution in [2.75, 3.05) is 52.5 Å². The van der Waals surface area contributed by atoms with Crippen molar-refractivity contribution in [1.29, 1.82) is 0 Å². The molecule has 3 saturated heterocycles. The maximum Gasteiger partial charge on any atom is 0.0551 e. The molecule has 1 saturated carbocycles. The number of likely N-dealkylation sites (tertiary alicyclic amines) is 2. The van der Waals surface area contributed by atoms with Crippen molar-refractivity contribution in [3.05, 3.63) is 0 Å². The van der Waals surface area contributed by atoms with Gasteiger partial charge in [0.2, 0.25) is 0 Å². The SMILES string of the molecule is CC(C)(C)N1C[C@H]2C(CC(C)(C)N3C[C@H]4COC[C@@]4(CN)C3)CC[C@@]2(CN)C1. The largest absolute Gasteiger partial charge is 0.380 e. The van der Waals surface area contributed by atoms with Crippen LogP contribution in [0.3, 0.4) is 0 Å². The van der Waals surface area contributed by atoms with Crippen LogP contribution in [-0.2, 0) is 4.74 Å². The molecule has 3 heterocycles. The molecule has 3 aliphatic heterocycles. The molecule has 4 aliphatic rings. The summed E-state index contributed by atoms with van der Waals surface area (Å²) >= 11 is 0. The molecular weight excluding hydrogens is 348 g/mol. The lowest BCUT2D eigenvalue weighted by Crippen LogP contribution is -2.47. The summed E-state index contributed by atoms with van der Waals surface area (Å²) in [5.74, 6) is 2.16. The van der Waals surface area contributed by atoms with E-state index in [1.54, 1.807) is 0 Å². The molecule has 162 valence electrons. The first kappa shape index (κ1) is 21.0. The average Bonchev–Trinajstić information content (AvgIpc) is 3.32. The number of rotatable bonds is 5. The molecule has 5 nitrogen and oxygen atoms in total. The van der Waals surface area contributed by atoms with Gasteiger partial charge in [0, 0.05) is 55.1 Å². The summed E-state index contributed by atoms with van der Waals surface area (Å²) in [6, 6.07) is 0. The van der Waals surface area contributed by atoms with Gasteiger partial charge in [-0.15, -0.1) is 0 Å². The molecule has 4 N–H and O–H groups in total. The fraction of sp³-hybridized carbons (Fsp3) is 1.00. The predicted molar refractivity (Wildman–Crippen MR) is 115 cm³/mol. The van der Waals surface area contributed by atoms with E-state index in [0.29, 0.717) is 11.3 Å². The fourth-order valence-corrected chi connectivity index (χ4v) is 7.01. The van der Waals surface area contributed by atoms with Gasteiger partial charge in [0.1, 0.15) is 0 Å². The lowest BCUT2D eigenvalue weighted by atomic mass is 9.75. The van der Waals surface area contributed by atoms with Crippen molar-refractivity contribution >= 4 is 0 Å². The van der Waals surface area contributed by atoms with Crippen LogP contribution >= 0.6 is 0 Å². The van der Waals surface area contributed by atoms with E-state index in [4.69, 9.17) is 16.2 Å². The summed E-state index contributed by atoms with van der Waals surface area (Å²) in [4.78, 5) is 5.44. The highest BCUT2D eigenvalue weighted by atomic mass is 16.5. The Balaban J connectivity index is 1.47. The third kappa shape index (κ3) is 3.26. The Hall–Kier alpha value is -0.200. The van der Waals surface area contributed by atoms with Crippen LogP contribution in [0, 0.1) is 28.6 Å². The first-order valence-corrected chi connectivity index (χ1v) is 11.5. The Bertz CT molecular complexity index is 588. The quantitative estimate of drug-likeness (QED) is 0.750. The Morgan fingerprint density at radius 3 is 2.25 bits per heavy atom. The Labute approximate surface area is 172 Å². The van der Waals surface area contributed by atoms with Gasteiger partial charge in [0.05, 0.1) is 13.2 Å². The summed E-state index contributed by atoms with van der Waals surface area (Å²) in [5, 5.41) is 0. The Kier molecular flexibility index (Phi) is 5.20. The molecule has 4 rings (SSSR count). The van der Waals surface area contributed by atoms with E-state index < -0.39 is 0 Å². The van der Waals surface area contributed by atoms with Gasteiger partial charge in [-0.1, -0.05) is 0 Å². The van der Waals surface area contributed by atoms with Gasteiger partial charge in [0.25, 0.3) is 0 Å². The molecule has 4 fully saturated rings. The topological polar surface area (TPSA) is 67.8 Å². The van der Waals surface area contributed by atoms with E-state index in [-0.39, 0.29) is 16.5 Å². The number of ether oxygens (including phenoxy) is 1. The number of nitrogens with two attached hydrogens (primary N) is 2. The zero-order chi connectivity index (χ0) is 20.4. The zero-order valence-electron chi connectivity index (χ0n) is 19.0. The Morgan fingerprint density at radius 1 is 0.964 bits per heavy atom. The number of hydrogen-bond acceptors (Lipinski definition) is 5. The van der Waals surface area contributed by atoms with Crippen LogP contribution in [0.4, 0.5) is 0 Å². The fourth-order valence-electron chi connectivity index (χ4n) is 7.01. The molecule has 1 aliphatic carbocycles. The predicted octanol–water partition coefficient (Wildman–Crippen LogP) is 2.15. The summed E-state index contributed by atoms with van der Waals surface area (Å²) in [7, 11) is 0. The molecule has 0 radical (unpaired) electrons. The summed E-state index contributed by atoms with van der Waals surface area (Å²) in [5.41, 5.74) is 13.6. The number of fused-ring (bicyclic) bond motifs is 2. The van der Waals surface area contributed by atoms with E-state index in [0.717, 1.165) is 51.2 Å². The molecule has 28 heavy (non-hydrogen) atoms. The molecule has 0 aromatic carbocycles. The lowest BCUT2D eigenvalue weighted by molar-refractivity contribution is 0.0639. The monoisotopic (exact) mass is 392 g/mol. The molecule has 5 atom stereocenters. The van der Waals surface area contributed by atoms with Gasteiger partial charge >= 0.3 is 0 Å². The molecule has 0 spiro atoms. The first-order valence-electron chi connectivity index (χ1n) is 11.5. The van der Waals surface area contributed by atoms with Crippen molar-refractivity contribution in [3.8, 4) is 0 Å². The smallest absolute Gasteiger partial charge is 0.0551 e. The molecule has 0 amide bonds. The van der Waals surface area contributed by atoms with Crippen LogP contribution in [-0.4, -0.2) is 73.4 Å². The standard InChI is InChI=1S/C23H44N4O/c1-20(2,3)26-10-19-17(6-7-22(19,12-24)14-26)8-21(4,5)27-9-18-11-28-16-23(18,13-25)15-27/h17-19H,6-16,24-25H2,1-5H3/t17?,18-,19-,22+,23+/m0/s1. The minimum absolute atomic E-state index is 0.199. The van der Waals surface area contributed by atoms with E-state index in [9.17, 15) is 0 Å². The molecule has 1 unspecified atom stereocenters. The van der Waals surface area contributed by atoms with Gasteiger partial charge in [-0.2, -0.15) is 0 Å². The second-order valence-electron chi connectivity index (χ2n) is 12.2. The highest BCUT2D eigenvalue weighted by molar-refractivity contribution is 5.09. The van der Waals surface area contributed by atoms with Crippen molar-refractivity contribution in [3.63, 3.8) is 0 Å². The Morgan fingerprint density at radius 2 is 1.64 bits per heavy atom. The highest BCUT2D eigenvalue weighted by Crippen LogP contribution is 2.55. The van der Waals surface area contributed by atoms with Crippen LogP contribution in [0.1, 0.15) is 53.9 Å². The van der Waals surface area contributed by atoms with Gasteiger partial charge in [0.15, 0.2) is 0 Å². The normalized spacial score (nSPS) is 42.3. The summed E-state index contributed by atoms with van der Waals surface area (Å²) < 4.78 is 5.80. The van der Waals surface area contributed by atoms with E-state index >= 15 is 0 Å². The van der Waals surface area contributed by atoms with E-state index in [2.05, 4.69) is 44.4 Å². The number of nitrogens with zero attached hydrogens (tertiary/aromatic N) is 2. The van der Waals surface area contributed by atoms with Gasteiger partial charge < -0.3 is 16.2 Å². The second kappa shape index (κ2) is 6.91. The third-order valence-corrected chi connectivity index (χ3v) is 9.19. The molecule has 0 aromatic rings. The maximum absolute atomic E-state index is 6.40. The molecule has 5 heteroatoms. The zero-order valence-corrected chi connectivity index (χ0v) is 19.0. The average molecular weight is 393 g/mol. The van der Waals surface area contributed by atoms with E-state index in [1.165, 1.54) is 32.4 Å². The van der Waals surface area contributed by atoms with Crippen LogP contribution in [0.2, 0.25) is 0 Å². The van der Waals surface area contributed by atoms with Gasteiger partial charge in [-0.25, -0.2) is 0 Å². The van der Waals surface area contributed by atoms with Crippen molar-refractivity contribution in [1.82, 2.24) is 9.80 Å². The van der Waals surface area contributed by atoms with Crippen molar-refractivity contribution in [2.45, 2.75) is 65.0 Å². The first-order chi connectivity index (χ1) is 13.1. The van der Waals surface area contributed by atoms with Gasteiger partial charge in [-0.05, 0) is 77.7 Å². The molecule has 0 bridgehead atoms. The summed E-state index contributed by atoms with van der Waals surface area (Å²) in [6.45, 7) is 20.0. The van der Waals surface area contributed by atoms with Gasteiger partial charge in [-0.3, -0.25) is 9.80 Å². The third-order valence-electron chi connectivity index (χ3n) is 9.19. The van der Waals surface area contributed by atoms with Crippen molar-refractivity contribution in [2.24, 2.45) is 40.1 Å². The number of hydrogen-bond donors (Lipinski definition) is 2. The van der Waals surface area contributed by atoms with E-state index in [1.807, 2.05) is 0 Å². The lowest BCUT2D eigenvalue weighted by Gasteiger charge is -2.41. The van der Waals surface area contributed by atoms with Crippen LogP contribution in [0.5, 0.6) is 0 Å². The van der Waals surface area contributed by atoms with Crippen LogP contribution in [0.15, 0.2) is 0 Å². The van der Waals surface area contributed by atoms with Crippen molar-refractivity contribution < 1.29 is 4.74 Å². The second-order valence-corrected chi connectivity index (χ2v) is 12.2. The van der Waals surface area contributed by atoms with Crippen LogP contribution in [0.25, 0.3) is 0 Å². The van der Waals surface area contributed by atoms with Crippen LogP contribution < -0.4 is 11.5 Å². The molecular formula is C23H44N4O. The maximum atomic E-state index is 6.40. The minimum Gasteiger partial charge on any atom is -0.380 e. The molecule has 0 aromatic heterocycles.